The molecule has 1 saturated carbocycles. The Labute approximate surface area is 122 Å². The Morgan fingerprint density at radius 1 is 1.14 bits per heavy atom. The Hall–Kier alpha value is -2.57. The highest BCUT2D eigenvalue weighted by molar-refractivity contribution is 6.35. The summed E-state index contributed by atoms with van der Waals surface area (Å²) < 4.78 is 10.2. The van der Waals surface area contributed by atoms with Crippen molar-refractivity contribution in [1.82, 2.24) is 10.7 Å². The predicted molar refractivity (Wildman–Crippen MR) is 76.4 cm³/mol. The zero-order valence-electron chi connectivity index (χ0n) is 11.9. The van der Waals surface area contributed by atoms with E-state index >= 15 is 0 Å². The van der Waals surface area contributed by atoms with Crippen molar-refractivity contribution in [3.63, 3.8) is 0 Å². The highest BCUT2D eigenvalue weighted by Crippen LogP contribution is 2.21. The molecule has 2 rings (SSSR count). The summed E-state index contributed by atoms with van der Waals surface area (Å²) in [7, 11) is 3.08. The molecule has 0 atom stereocenters. The van der Waals surface area contributed by atoms with E-state index in [1.54, 1.807) is 32.4 Å². The maximum Gasteiger partial charge on any atom is 0.329 e. The molecule has 0 spiro atoms. The summed E-state index contributed by atoms with van der Waals surface area (Å²) in [5.74, 6) is -0.243. The Morgan fingerprint density at radius 2 is 1.76 bits per heavy atom. The fraction of sp³-hybridized carbons (Fsp3) is 0.357. The van der Waals surface area contributed by atoms with E-state index in [0.29, 0.717) is 17.1 Å². The molecule has 21 heavy (non-hydrogen) atoms. The summed E-state index contributed by atoms with van der Waals surface area (Å²) in [5.41, 5.74) is 2.85. The fourth-order valence-electron chi connectivity index (χ4n) is 1.60. The molecule has 0 bridgehead atoms. The number of nitrogens with zero attached hydrogens (tertiary/aromatic N) is 1. The molecule has 2 amide bonds. The normalized spacial score (nSPS) is 13.8. The van der Waals surface area contributed by atoms with Crippen LogP contribution in [-0.2, 0) is 9.59 Å². The van der Waals surface area contributed by atoms with E-state index in [4.69, 9.17) is 9.47 Å². The highest BCUT2D eigenvalue weighted by Gasteiger charge is 2.26. The van der Waals surface area contributed by atoms with Crippen LogP contribution < -0.4 is 20.2 Å². The molecule has 2 N–H and O–H groups in total. The lowest BCUT2D eigenvalue weighted by Gasteiger charge is -2.05. The Bertz CT molecular complexity index is 545. The SMILES string of the molecule is COc1cc(/C=N\NC(=O)C(=O)NC2CC2)cc(OC)c1. The zero-order chi connectivity index (χ0) is 15.2. The van der Waals surface area contributed by atoms with Gasteiger partial charge in [0.15, 0.2) is 0 Å². The van der Waals surface area contributed by atoms with E-state index in [9.17, 15) is 9.59 Å². The lowest BCUT2D eigenvalue weighted by Crippen LogP contribution is -2.38. The van der Waals surface area contributed by atoms with Crippen molar-refractivity contribution in [2.45, 2.75) is 18.9 Å². The van der Waals surface area contributed by atoms with Crippen LogP contribution in [0.1, 0.15) is 18.4 Å². The zero-order valence-corrected chi connectivity index (χ0v) is 11.9. The van der Waals surface area contributed by atoms with E-state index in [1.807, 2.05) is 0 Å². The van der Waals surface area contributed by atoms with Gasteiger partial charge in [-0.15, -0.1) is 0 Å². The van der Waals surface area contributed by atoms with Crippen LogP contribution in [0.4, 0.5) is 0 Å². The van der Waals surface area contributed by atoms with Gasteiger partial charge in [-0.05, 0) is 25.0 Å². The van der Waals surface area contributed by atoms with Gasteiger partial charge < -0.3 is 14.8 Å². The van der Waals surface area contributed by atoms with E-state index in [1.165, 1.54) is 6.21 Å². The monoisotopic (exact) mass is 291 g/mol. The van der Waals surface area contributed by atoms with Gasteiger partial charge in [0, 0.05) is 17.7 Å². The largest absolute Gasteiger partial charge is 0.497 e. The molecule has 112 valence electrons. The number of methoxy groups -OCH3 is 2. The average Bonchev–Trinajstić information content (AvgIpc) is 3.30. The number of hydrogen-bond acceptors (Lipinski definition) is 5. The van der Waals surface area contributed by atoms with Gasteiger partial charge in [0.25, 0.3) is 0 Å². The quantitative estimate of drug-likeness (QED) is 0.468. The van der Waals surface area contributed by atoms with Crippen LogP contribution in [0.5, 0.6) is 11.5 Å². The van der Waals surface area contributed by atoms with Crippen LogP contribution in [0.15, 0.2) is 23.3 Å². The molecule has 7 nitrogen and oxygen atoms in total. The molecule has 1 aliphatic carbocycles. The average molecular weight is 291 g/mol. The Kier molecular flexibility index (Phi) is 4.76. The van der Waals surface area contributed by atoms with Gasteiger partial charge in [0.05, 0.1) is 20.4 Å². The third-order valence-corrected chi connectivity index (χ3v) is 2.87. The summed E-state index contributed by atoms with van der Waals surface area (Å²) in [5, 5.41) is 6.32. The van der Waals surface area contributed by atoms with Crippen LogP contribution in [0, 0.1) is 0 Å². The summed E-state index contributed by atoms with van der Waals surface area (Å²) in [6.07, 6.45) is 3.26. The van der Waals surface area contributed by atoms with Gasteiger partial charge in [-0.25, -0.2) is 5.43 Å². The number of nitrogens with one attached hydrogen (secondary N) is 2. The van der Waals surface area contributed by atoms with Crippen molar-refractivity contribution in [3.05, 3.63) is 23.8 Å². The van der Waals surface area contributed by atoms with Crippen LogP contribution >= 0.6 is 0 Å². The van der Waals surface area contributed by atoms with E-state index in [2.05, 4.69) is 15.8 Å². The third kappa shape index (κ3) is 4.48. The maximum atomic E-state index is 11.5. The number of hydrogen-bond donors (Lipinski definition) is 2. The molecule has 0 aliphatic heterocycles. The van der Waals surface area contributed by atoms with Crippen molar-refractivity contribution >= 4 is 18.0 Å². The molecule has 1 aromatic rings. The molecule has 0 unspecified atom stereocenters. The smallest absolute Gasteiger partial charge is 0.329 e. The molecule has 0 radical (unpaired) electrons. The summed E-state index contributed by atoms with van der Waals surface area (Å²) in [6, 6.07) is 5.30. The molecule has 0 aromatic heterocycles. The first kappa shape index (κ1) is 14.8. The van der Waals surface area contributed by atoms with Gasteiger partial charge in [0.2, 0.25) is 0 Å². The van der Waals surface area contributed by atoms with Crippen molar-refractivity contribution in [2.24, 2.45) is 5.10 Å². The minimum atomic E-state index is -0.784. The first-order valence-corrected chi connectivity index (χ1v) is 6.49. The molecule has 0 saturated heterocycles. The van der Waals surface area contributed by atoms with Gasteiger partial charge in [-0.3, -0.25) is 9.59 Å². The summed E-state index contributed by atoms with van der Waals surface area (Å²) >= 11 is 0. The minimum absolute atomic E-state index is 0.134. The van der Waals surface area contributed by atoms with Gasteiger partial charge in [-0.2, -0.15) is 5.10 Å². The first-order chi connectivity index (χ1) is 10.1. The van der Waals surface area contributed by atoms with Crippen LogP contribution in [0.2, 0.25) is 0 Å². The van der Waals surface area contributed by atoms with E-state index < -0.39 is 11.8 Å². The molecule has 1 aliphatic rings. The molecular weight excluding hydrogens is 274 g/mol. The van der Waals surface area contributed by atoms with Crippen LogP contribution in [0.25, 0.3) is 0 Å². The van der Waals surface area contributed by atoms with Crippen molar-refractivity contribution in [1.29, 1.82) is 0 Å². The fourth-order valence-corrected chi connectivity index (χ4v) is 1.60. The number of ether oxygens (including phenoxy) is 2. The lowest BCUT2D eigenvalue weighted by atomic mass is 10.2. The number of rotatable bonds is 5. The topological polar surface area (TPSA) is 89.0 Å². The maximum absolute atomic E-state index is 11.5. The van der Waals surface area contributed by atoms with Gasteiger partial charge in [0.1, 0.15) is 11.5 Å². The minimum Gasteiger partial charge on any atom is -0.497 e. The number of carbonyl (C=O) groups excluding carboxylic acids is 2. The van der Waals surface area contributed by atoms with Crippen LogP contribution in [0.3, 0.4) is 0 Å². The van der Waals surface area contributed by atoms with Crippen molar-refractivity contribution < 1.29 is 19.1 Å². The number of amides is 2. The molecule has 7 heteroatoms. The second kappa shape index (κ2) is 6.74. The molecule has 0 heterocycles. The number of carbonyl (C=O) groups is 2. The Balaban J connectivity index is 1.93. The van der Waals surface area contributed by atoms with Crippen molar-refractivity contribution in [3.8, 4) is 11.5 Å². The van der Waals surface area contributed by atoms with E-state index in [-0.39, 0.29) is 6.04 Å². The predicted octanol–water partition coefficient (Wildman–Crippen LogP) is 0.432. The Morgan fingerprint density at radius 3 is 2.29 bits per heavy atom. The third-order valence-electron chi connectivity index (χ3n) is 2.87. The van der Waals surface area contributed by atoms with E-state index in [0.717, 1.165) is 12.8 Å². The highest BCUT2D eigenvalue weighted by atomic mass is 16.5. The second-order valence-electron chi connectivity index (χ2n) is 4.59. The summed E-state index contributed by atoms with van der Waals surface area (Å²) in [6.45, 7) is 0. The number of benzene rings is 1. The van der Waals surface area contributed by atoms with Gasteiger partial charge in [-0.1, -0.05) is 0 Å². The lowest BCUT2D eigenvalue weighted by molar-refractivity contribution is -0.139. The standard InChI is InChI=1S/C14H17N3O4/c1-20-11-5-9(6-12(7-11)21-2)8-15-17-14(19)13(18)16-10-3-4-10/h5-8,10H,3-4H2,1-2H3,(H,16,18)(H,17,19)/b15-8-. The molecule has 1 fully saturated rings. The van der Waals surface area contributed by atoms with Crippen molar-refractivity contribution in [2.75, 3.05) is 14.2 Å². The number of hydrazone groups is 1. The molecule has 1 aromatic carbocycles. The summed E-state index contributed by atoms with van der Waals surface area (Å²) in [4.78, 5) is 22.9. The first-order valence-electron chi connectivity index (χ1n) is 6.49. The van der Waals surface area contributed by atoms with Crippen LogP contribution in [-0.4, -0.2) is 38.3 Å². The second-order valence-corrected chi connectivity index (χ2v) is 4.59. The van der Waals surface area contributed by atoms with Gasteiger partial charge >= 0.3 is 11.8 Å². The molecular formula is C14H17N3O4.